The second-order valence-electron chi connectivity index (χ2n) is 6.29. The molecule has 5 heteroatoms. The molecule has 0 atom stereocenters. The summed E-state index contributed by atoms with van der Waals surface area (Å²) in [5, 5.41) is 14.6. The van der Waals surface area contributed by atoms with E-state index in [1.807, 2.05) is 0 Å². The monoisotopic (exact) mass is 323 g/mol. The Balaban J connectivity index is 1.48. The molecule has 126 valence electrons. The van der Waals surface area contributed by atoms with Crippen molar-refractivity contribution in [2.24, 2.45) is 0 Å². The number of hydrogen-bond donors (Lipinski definition) is 2. The smallest absolute Gasteiger partial charge is 0.244 e. The highest BCUT2D eigenvalue weighted by atomic mass is 15.3. The van der Waals surface area contributed by atoms with E-state index in [4.69, 9.17) is 0 Å². The Morgan fingerprint density at radius 1 is 1.08 bits per heavy atom. The summed E-state index contributed by atoms with van der Waals surface area (Å²) >= 11 is 0. The van der Waals surface area contributed by atoms with Crippen LogP contribution >= 0.6 is 0 Å². The van der Waals surface area contributed by atoms with E-state index in [2.05, 4.69) is 63.1 Å². The maximum Gasteiger partial charge on any atom is 0.244 e. The van der Waals surface area contributed by atoms with Crippen molar-refractivity contribution >= 4 is 11.8 Å². The molecule has 0 amide bonds. The van der Waals surface area contributed by atoms with Gasteiger partial charge >= 0.3 is 0 Å². The number of rotatable bonds is 7. The molecule has 1 aliphatic rings. The van der Waals surface area contributed by atoms with Gasteiger partial charge < -0.3 is 10.6 Å². The predicted molar refractivity (Wildman–Crippen MR) is 98.0 cm³/mol. The van der Waals surface area contributed by atoms with Crippen molar-refractivity contribution < 1.29 is 0 Å². The number of anilines is 2. The lowest BCUT2D eigenvalue weighted by atomic mass is 9.97. The zero-order valence-electron chi connectivity index (χ0n) is 14.3. The highest BCUT2D eigenvalue weighted by molar-refractivity contribution is 5.37. The van der Waals surface area contributed by atoms with Crippen LogP contribution in [0.2, 0.25) is 0 Å². The Hall–Kier alpha value is -2.43. The van der Waals surface area contributed by atoms with Crippen molar-refractivity contribution in [2.45, 2.75) is 45.6 Å². The molecule has 3 rings (SSSR count). The predicted octanol–water partition coefficient (Wildman–Crippen LogP) is 4.09. The molecule has 0 aliphatic heterocycles. The molecule has 0 unspecified atom stereocenters. The Labute approximate surface area is 143 Å². The highest BCUT2D eigenvalue weighted by Crippen LogP contribution is 2.20. The minimum absolute atomic E-state index is 0.553. The second kappa shape index (κ2) is 8.43. The fourth-order valence-corrected chi connectivity index (χ4v) is 2.83. The number of benzene rings is 1. The Morgan fingerprint density at radius 2 is 1.96 bits per heavy atom. The summed E-state index contributed by atoms with van der Waals surface area (Å²) in [5.41, 5.74) is 4.02. The Bertz CT molecular complexity index is 678. The van der Waals surface area contributed by atoms with Gasteiger partial charge in [-0.25, -0.2) is 0 Å². The van der Waals surface area contributed by atoms with E-state index < -0.39 is 0 Å². The molecule has 5 nitrogen and oxygen atoms in total. The summed E-state index contributed by atoms with van der Waals surface area (Å²) in [4.78, 5) is 4.47. The third-order valence-electron chi connectivity index (χ3n) is 4.27. The van der Waals surface area contributed by atoms with Crippen LogP contribution < -0.4 is 10.6 Å². The van der Waals surface area contributed by atoms with Gasteiger partial charge in [0.25, 0.3) is 0 Å². The SMILES string of the molecule is Cc1ccc(CNc2nncc(NCCC3=CCCCC3)n2)cc1. The summed E-state index contributed by atoms with van der Waals surface area (Å²) in [6.45, 7) is 3.67. The quantitative estimate of drug-likeness (QED) is 0.751. The average molecular weight is 323 g/mol. The van der Waals surface area contributed by atoms with E-state index in [-0.39, 0.29) is 0 Å². The van der Waals surface area contributed by atoms with Crippen LogP contribution in [0.1, 0.15) is 43.2 Å². The molecule has 1 aromatic heterocycles. The molecule has 1 aromatic carbocycles. The molecule has 0 radical (unpaired) electrons. The van der Waals surface area contributed by atoms with E-state index in [9.17, 15) is 0 Å². The maximum atomic E-state index is 4.47. The maximum absolute atomic E-state index is 4.47. The second-order valence-corrected chi connectivity index (χ2v) is 6.29. The number of nitrogens with one attached hydrogen (secondary N) is 2. The lowest BCUT2D eigenvalue weighted by Crippen LogP contribution is -2.09. The molecule has 24 heavy (non-hydrogen) atoms. The Kier molecular flexibility index (Phi) is 5.77. The first-order valence-corrected chi connectivity index (χ1v) is 8.70. The molecule has 1 heterocycles. The molecular formula is C19H25N5. The van der Waals surface area contributed by atoms with Gasteiger partial charge in [-0.3, -0.25) is 0 Å². The first-order valence-electron chi connectivity index (χ1n) is 8.70. The van der Waals surface area contributed by atoms with Crippen molar-refractivity contribution in [3.63, 3.8) is 0 Å². The van der Waals surface area contributed by atoms with Crippen molar-refractivity contribution in [1.29, 1.82) is 0 Å². The van der Waals surface area contributed by atoms with Crippen LogP contribution in [0.25, 0.3) is 0 Å². The minimum atomic E-state index is 0.553. The topological polar surface area (TPSA) is 62.7 Å². The number of nitrogens with zero attached hydrogens (tertiary/aromatic N) is 3. The van der Waals surface area contributed by atoms with E-state index >= 15 is 0 Å². The van der Waals surface area contributed by atoms with Gasteiger partial charge in [-0.1, -0.05) is 41.5 Å². The van der Waals surface area contributed by atoms with E-state index in [0.29, 0.717) is 12.5 Å². The summed E-state index contributed by atoms with van der Waals surface area (Å²) in [5.74, 6) is 1.32. The highest BCUT2D eigenvalue weighted by Gasteiger charge is 2.04. The molecule has 2 aromatic rings. The van der Waals surface area contributed by atoms with E-state index in [0.717, 1.165) is 18.8 Å². The van der Waals surface area contributed by atoms with Crippen LogP contribution in [0.15, 0.2) is 42.1 Å². The largest absolute Gasteiger partial charge is 0.368 e. The number of hydrogen-bond acceptors (Lipinski definition) is 5. The Morgan fingerprint density at radius 3 is 2.75 bits per heavy atom. The fourth-order valence-electron chi connectivity index (χ4n) is 2.83. The average Bonchev–Trinajstić information content (AvgIpc) is 2.63. The molecule has 0 saturated heterocycles. The summed E-state index contributed by atoms with van der Waals surface area (Å²) in [6, 6.07) is 8.42. The van der Waals surface area contributed by atoms with Crippen molar-refractivity contribution in [2.75, 3.05) is 17.2 Å². The molecule has 0 spiro atoms. The summed E-state index contributed by atoms with van der Waals surface area (Å²) in [6.07, 6.45) is 10.3. The minimum Gasteiger partial charge on any atom is -0.368 e. The van der Waals surface area contributed by atoms with Crippen molar-refractivity contribution in [3.8, 4) is 0 Å². The molecule has 1 aliphatic carbocycles. The molecule has 2 N–H and O–H groups in total. The zero-order valence-corrected chi connectivity index (χ0v) is 14.3. The molecule has 0 fully saturated rings. The van der Waals surface area contributed by atoms with Crippen LogP contribution in [0.3, 0.4) is 0 Å². The number of allylic oxidation sites excluding steroid dienone is 1. The lowest BCUT2D eigenvalue weighted by Gasteiger charge is -2.13. The van der Waals surface area contributed by atoms with Gasteiger partial charge in [0.2, 0.25) is 5.95 Å². The van der Waals surface area contributed by atoms with Gasteiger partial charge in [0, 0.05) is 13.1 Å². The van der Waals surface area contributed by atoms with Crippen LogP contribution in [0.4, 0.5) is 11.8 Å². The van der Waals surface area contributed by atoms with Crippen LogP contribution in [-0.2, 0) is 6.54 Å². The molecular weight excluding hydrogens is 298 g/mol. The van der Waals surface area contributed by atoms with Gasteiger partial charge in [-0.15, -0.1) is 5.10 Å². The third kappa shape index (κ3) is 5.05. The van der Waals surface area contributed by atoms with Crippen molar-refractivity contribution in [3.05, 3.63) is 53.2 Å². The van der Waals surface area contributed by atoms with Crippen LogP contribution in [0.5, 0.6) is 0 Å². The molecule has 0 bridgehead atoms. The number of aromatic nitrogens is 3. The van der Waals surface area contributed by atoms with Gasteiger partial charge in [0.05, 0.1) is 6.20 Å². The van der Waals surface area contributed by atoms with Crippen LogP contribution in [0, 0.1) is 6.92 Å². The lowest BCUT2D eigenvalue weighted by molar-refractivity contribution is 0.679. The normalized spacial score (nSPS) is 14.1. The van der Waals surface area contributed by atoms with Gasteiger partial charge in [0.15, 0.2) is 5.82 Å². The first-order chi connectivity index (χ1) is 11.8. The standard InChI is InChI=1S/C19H25N5/c1-15-7-9-17(10-8-15)13-21-19-23-18(14-22-24-19)20-12-11-16-5-3-2-4-6-16/h5,7-10,14H,2-4,6,11-13H2,1H3,(H2,20,21,23,24). The number of aryl methyl sites for hydroxylation is 1. The summed E-state index contributed by atoms with van der Waals surface area (Å²) in [7, 11) is 0. The fraction of sp³-hybridized carbons (Fsp3) is 0.421. The van der Waals surface area contributed by atoms with E-state index in [1.165, 1.54) is 36.8 Å². The van der Waals surface area contributed by atoms with Gasteiger partial charge in [-0.05, 0) is 44.6 Å². The first kappa shape index (κ1) is 16.4. The zero-order chi connectivity index (χ0) is 16.6. The third-order valence-corrected chi connectivity index (χ3v) is 4.27. The van der Waals surface area contributed by atoms with E-state index in [1.54, 1.807) is 11.8 Å². The molecule has 0 saturated carbocycles. The van der Waals surface area contributed by atoms with Gasteiger partial charge in [-0.2, -0.15) is 10.1 Å². The van der Waals surface area contributed by atoms with Gasteiger partial charge in [0.1, 0.15) is 0 Å². The van der Waals surface area contributed by atoms with Crippen LogP contribution in [-0.4, -0.2) is 21.7 Å². The van der Waals surface area contributed by atoms with Crippen molar-refractivity contribution in [1.82, 2.24) is 15.2 Å². The summed E-state index contributed by atoms with van der Waals surface area (Å²) < 4.78 is 0.